The molecule has 0 fully saturated rings. The Bertz CT molecular complexity index is 2140. The van der Waals surface area contributed by atoms with Crippen molar-refractivity contribution in [1.82, 2.24) is 9.80 Å². The Balaban J connectivity index is 1.04. The van der Waals surface area contributed by atoms with E-state index in [-0.39, 0.29) is 5.91 Å². The molecule has 10 rings (SSSR count). The Hall–Kier alpha value is -2.92. The number of allylic oxidation sites excluding steroid dienone is 1. The van der Waals surface area contributed by atoms with Gasteiger partial charge in [0.05, 0.1) is 26.7 Å². The molecule has 10 heterocycles. The molecule has 0 aromatic carbocycles. The summed E-state index contributed by atoms with van der Waals surface area (Å²) in [6, 6.07) is 18.1. The molecule has 2 unspecified atom stereocenters. The first-order valence-corrected chi connectivity index (χ1v) is 19.8. The summed E-state index contributed by atoms with van der Waals surface area (Å²) in [4.78, 5) is 30.3. The number of nitrogens with zero attached hydrogens (tertiary/aromatic N) is 2. The summed E-state index contributed by atoms with van der Waals surface area (Å²) < 4.78 is 0. The second-order valence-corrected chi connectivity index (χ2v) is 18.0. The Kier molecular flexibility index (Phi) is 5.85. The number of hydrogen-bond donors (Lipinski definition) is 0. The number of fused-ring (bicyclic) bond motifs is 7. The van der Waals surface area contributed by atoms with Gasteiger partial charge in [-0.05, 0) is 82.8 Å². The van der Waals surface area contributed by atoms with Crippen LogP contribution in [0.2, 0.25) is 0 Å². The van der Waals surface area contributed by atoms with Crippen molar-refractivity contribution in [3.8, 4) is 29.3 Å². The van der Waals surface area contributed by atoms with Gasteiger partial charge in [-0.1, -0.05) is 19.1 Å². The maximum Gasteiger partial charge on any atom is 0.264 e. The van der Waals surface area contributed by atoms with Crippen molar-refractivity contribution in [3.63, 3.8) is 0 Å². The third-order valence-corrected chi connectivity index (χ3v) is 16.6. The highest BCUT2D eigenvalue weighted by Crippen LogP contribution is 2.55. The smallest absolute Gasteiger partial charge is 0.264 e. The van der Waals surface area contributed by atoms with Crippen LogP contribution in [0.1, 0.15) is 37.9 Å². The first-order valence-electron chi connectivity index (χ1n) is 14.7. The Morgan fingerprint density at radius 2 is 1.66 bits per heavy atom. The largest absolute Gasteiger partial charge is 0.365 e. The molecular weight excluding hydrogens is 657 g/mol. The van der Waals surface area contributed by atoms with E-state index in [0.717, 1.165) is 36.5 Å². The lowest BCUT2D eigenvalue weighted by molar-refractivity contribution is -0.121. The molecule has 1 amide bonds. The summed E-state index contributed by atoms with van der Waals surface area (Å²) in [5, 5.41) is 4.91. The minimum Gasteiger partial charge on any atom is -0.365 e. The van der Waals surface area contributed by atoms with E-state index in [4.69, 9.17) is 0 Å². The summed E-state index contributed by atoms with van der Waals surface area (Å²) >= 11 is 11.2. The minimum atomic E-state index is 0.126. The molecule has 0 aliphatic carbocycles. The van der Waals surface area contributed by atoms with Crippen LogP contribution < -0.4 is 0 Å². The van der Waals surface area contributed by atoms with Crippen LogP contribution in [0.5, 0.6) is 0 Å². The van der Waals surface area contributed by atoms with Gasteiger partial charge in [0.1, 0.15) is 0 Å². The van der Waals surface area contributed by atoms with Crippen LogP contribution in [0.4, 0.5) is 0 Å². The van der Waals surface area contributed by atoms with Crippen molar-refractivity contribution in [2.45, 2.75) is 18.6 Å². The Morgan fingerprint density at radius 3 is 2.50 bits per heavy atom. The molecule has 0 saturated carbocycles. The lowest BCUT2D eigenvalue weighted by Gasteiger charge is -2.29. The molecule has 0 radical (unpaired) electrons. The van der Waals surface area contributed by atoms with Gasteiger partial charge < -0.3 is 4.90 Å². The lowest BCUT2D eigenvalue weighted by atomic mass is 10.0. The summed E-state index contributed by atoms with van der Waals surface area (Å²) in [5.41, 5.74) is 7.00. The second kappa shape index (κ2) is 9.79. The molecule has 9 heteroatoms. The molecule has 0 bridgehead atoms. The average molecular weight is 681 g/mol. The molecule has 5 aromatic rings. The minimum absolute atomic E-state index is 0.126. The number of rotatable bonds is 4. The van der Waals surface area contributed by atoms with Crippen LogP contribution in [-0.4, -0.2) is 28.8 Å². The van der Waals surface area contributed by atoms with Crippen LogP contribution in [0.15, 0.2) is 82.7 Å². The van der Waals surface area contributed by atoms with Crippen LogP contribution in [-0.2, 0) is 11.2 Å². The number of hydrogen-bond acceptors (Lipinski definition) is 8. The predicted molar refractivity (Wildman–Crippen MR) is 192 cm³/mol. The van der Waals surface area contributed by atoms with E-state index >= 15 is 0 Å². The van der Waals surface area contributed by atoms with Gasteiger partial charge in [-0.3, -0.25) is 9.69 Å². The zero-order valence-electron chi connectivity index (χ0n) is 23.5. The van der Waals surface area contributed by atoms with Crippen molar-refractivity contribution in [2.24, 2.45) is 5.92 Å². The van der Waals surface area contributed by atoms with Crippen LogP contribution in [0.25, 0.3) is 46.7 Å². The molecule has 0 N–H and O–H groups in total. The van der Waals surface area contributed by atoms with E-state index < -0.39 is 0 Å². The van der Waals surface area contributed by atoms with Crippen molar-refractivity contribution < 1.29 is 4.79 Å². The monoisotopic (exact) mass is 680 g/mol. The standard InChI is InChI=1S/C35H24N2OS6/c1-18-10-14-40-32(18)26-7-6-25(42-26)28-15-19-8-11-36-17-21-29(31(36)34(19)44-28)35(38)37-12-9-20-16-27(43-33(20)30(21)37)24-5-4-23(41-24)22-3-2-13-39-22/h2-7,9-10,12-16,18,32H,8,11,17H2,1H3. The highest BCUT2D eigenvalue weighted by Gasteiger charge is 2.46. The zero-order chi connectivity index (χ0) is 29.1. The van der Waals surface area contributed by atoms with E-state index in [0.29, 0.717) is 11.2 Å². The van der Waals surface area contributed by atoms with Crippen molar-refractivity contribution in [3.05, 3.63) is 108 Å². The summed E-state index contributed by atoms with van der Waals surface area (Å²) in [5.74, 6) is 0.699. The molecule has 5 aliphatic rings. The van der Waals surface area contributed by atoms with Crippen molar-refractivity contribution in [2.75, 3.05) is 13.1 Å². The zero-order valence-corrected chi connectivity index (χ0v) is 28.4. The van der Waals surface area contributed by atoms with E-state index in [1.165, 1.54) is 60.6 Å². The number of thiophene rings is 5. The predicted octanol–water partition coefficient (Wildman–Crippen LogP) is 10.8. The number of carbonyl (C=O) groups is 1. The summed E-state index contributed by atoms with van der Waals surface area (Å²) in [6.07, 6.45) is 7.47. The second-order valence-electron chi connectivity index (χ2n) is 11.7. The maximum absolute atomic E-state index is 14.1. The average Bonchev–Trinajstić information content (AvgIpc) is 3.87. The third kappa shape index (κ3) is 3.80. The fourth-order valence-electron chi connectivity index (χ4n) is 6.92. The highest BCUT2D eigenvalue weighted by atomic mass is 32.2. The van der Waals surface area contributed by atoms with E-state index in [1.807, 2.05) is 68.2 Å². The lowest BCUT2D eigenvalue weighted by Crippen LogP contribution is -2.29. The number of carbonyl (C=O) groups excluding carboxylic acids is 1. The van der Waals surface area contributed by atoms with Crippen LogP contribution >= 0.6 is 68.4 Å². The SMILES string of the molecule is CC1C=CSC1c1ccc(-c2cc3c(s2)C2=C4C(=O)N5C=Cc6cc(-c7ccc(-c8cccs8)s7)sc6C5=C4CN2CC3)s1. The highest BCUT2D eigenvalue weighted by molar-refractivity contribution is 8.02. The van der Waals surface area contributed by atoms with Gasteiger partial charge in [0.2, 0.25) is 0 Å². The fraction of sp³-hybridized carbons (Fsp3) is 0.171. The maximum atomic E-state index is 14.1. The van der Waals surface area contributed by atoms with Crippen molar-refractivity contribution in [1.29, 1.82) is 0 Å². The van der Waals surface area contributed by atoms with E-state index in [9.17, 15) is 4.79 Å². The van der Waals surface area contributed by atoms with Gasteiger partial charge in [-0.25, -0.2) is 0 Å². The topological polar surface area (TPSA) is 23.6 Å². The molecule has 5 aromatic heterocycles. The summed E-state index contributed by atoms with van der Waals surface area (Å²) in [6.45, 7) is 4.08. The first-order chi connectivity index (χ1) is 21.6. The normalized spacial score (nSPS) is 21.4. The van der Waals surface area contributed by atoms with E-state index in [1.54, 1.807) is 11.3 Å². The van der Waals surface area contributed by atoms with Gasteiger partial charge in [0, 0.05) is 64.3 Å². The van der Waals surface area contributed by atoms with E-state index in [2.05, 4.69) is 83.3 Å². The molecular formula is C35H24N2OS6. The first kappa shape index (κ1) is 26.3. The van der Waals surface area contributed by atoms with Gasteiger partial charge in [0.15, 0.2) is 0 Å². The molecule has 44 heavy (non-hydrogen) atoms. The summed E-state index contributed by atoms with van der Waals surface area (Å²) in [7, 11) is 0. The molecule has 0 spiro atoms. The van der Waals surface area contributed by atoms with Gasteiger partial charge in [-0.2, -0.15) is 0 Å². The third-order valence-electron chi connectivity index (χ3n) is 9.07. The molecule has 5 aliphatic heterocycles. The van der Waals surface area contributed by atoms with Gasteiger partial charge in [0.25, 0.3) is 5.91 Å². The molecule has 2 atom stereocenters. The molecule has 216 valence electrons. The fourth-order valence-corrected chi connectivity index (χ4v) is 13.9. The van der Waals surface area contributed by atoms with Gasteiger partial charge >= 0.3 is 0 Å². The quantitative estimate of drug-likeness (QED) is 0.189. The Morgan fingerprint density at radius 1 is 0.841 bits per heavy atom. The van der Waals surface area contributed by atoms with Gasteiger partial charge in [-0.15, -0.1) is 68.4 Å². The number of amides is 1. The van der Waals surface area contributed by atoms with Crippen molar-refractivity contribution >= 4 is 91.8 Å². The molecule has 0 saturated heterocycles. The molecule has 3 nitrogen and oxygen atoms in total. The van der Waals surface area contributed by atoms with Crippen LogP contribution in [0, 0.1) is 5.92 Å². The Labute approximate surface area is 279 Å². The van der Waals surface area contributed by atoms with Crippen LogP contribution in [0.3, 0.4) is 0 Å². The number of thioether (sulfide) groups is 1.